The van der Waals surface area contributed by atoms with Gasteiger partial charge in [-0.15, -0.1) is 0 Å². The van der Waals surface area contributed by atoms with Crippen LogP contribution in [-0.4, -0.2) is 49.7 Å². The number of hydrogen-bond acceptors (Lipinski definition) is 5. The molecule has 7 heteroatoms. The van der Waals surface area contributed by atoms with Crippen LogP contribution in [0.2, 0.25) is 0 Å². The first-order chi connectivity index (χ1) is 10.2. The van der Waals surface area contributed by atoms with Crippen molar-refractivity contribution >= 4 is 12.2 Å². The molecule has 1 aromatic rings. The maximum absolute atomic E-state index is 9.49. The lowest BCUT2D eigenvalue weighted by Gasteiger charge is -2.48. The highest BCUT2D eigenvalue weighted by atomic mass is 32.1. The van der Waals surface area contributed by atoms with Crippen molar-refractivity contribution in [2.24, 2.45) is 0 Å². The fourth-order valence-electron chi connectivity index (χ4n) is 3.47. The van der Waals surface area contributed by atoms with Crippen molar-refractivity contribution in [2.75, 3.05) is 19.7 Å². The molecule has 0 aromatic carbocycles. The van der Waals surface area contributed by atoms with E-state index in [9.17, 15) is 5.11 Å². The predicted molar refractivity (Wildman–Crippen MR) is 79.4 cm³/mol. The van der Waals surface area contributed by atoms with E-state index in [4.69, 9.17) is 17.0 Å². The first-order valence-corrected chi connectivity index (χ1v) is 8.27. The Morgan fingerprint density at radius 2 is 2.19 bits per heavy atom. The molecule has 4 rings (SSSR count). The van der Waals surface area contributed by atoms with Gasteiger partial charge in [0.15, 0.2) is 10.6 Å². The fourth-order valence-corrected chi connectivity index (χ4v) is 3.82. The van der Waals surface area contributed by atoms with Gasteiger partial charge in [0.05, 0.1) is 18.9 Å². The molecule has 3 fully saturated rings. The number of ether oxygens (including phenoxy) is 1. The van der Waals surface area contributed by atoms with Crippen LogP contribution in [0.15, 0.2) is 0 Å². The molecule has 3 aliphatic rings. The third kappa shape index (κ3) is 2.46. The van der Waals surface area contributed by atoms with Gasteiger partial charge in [-0.2, -0.15) is 5.10 Å². The second-order valence-corrected chi connectivity index (χ2v) is 6.90. The number of rotatable bonds is 4. The number of hydrogen-bond donors (Lipinski definition) is 1. The molecule has 2 aliphatic carbocycles. The van der Waals surface area contributed by atoms with Gasteiger partial charge >= 0.3 is 0 Å². The highest BCUT2D eigenvalue weighted by molar-refractivity contribution is 7.71. The Kier molecular flexibility index (Phi) is 3.40. The van der Waals surface area contributed by atoms with E-state index in [2.05, 4.69) is 10.00 Å². The second kappa shape index (κ2) is 5.15. The Hall–Kier alpha value is -0.760. The van der Waals surface area contributed by atoms with Crippen LogP contribution in [0.1, 0.15) is 44.0 Å². The Morgan fingerprint density at radius 3 is 2.81 bits per heavy atom. The first kappa shape index (κ1) is 13.9. The van der Waals surface area contributed by atoms with Gasteiger partial charge in [-0.05, 0) is 44.3 Å². The first-order valence-electron chi connectivity index (χ1n) is 7.86. The third-order valence-electron chi connectivity index (χ3n) is 4.92. The number of aromatic nitrogens is 3. The summed E-state index contributed by atoms with van der Waals surface area (Å²) in [5, 5.41) is 14.0. The monoisotopic (exact) mass is 310 g/mol. The molecule has 2 heterocycles. The van der Waals surface area contributed by atoms with Crippen molar-refractivity contribution in [3.05, 3.63) is 10.6 Å². The van der Waals surface area contributed by atoms with Gasteiger partial charge in [0.2, 0.25) is 0 Å². The summed E-state index contributed by atoms with van der Waals surface area (Å²) >= 11 is 5.56. The van der Waals surface area contributed by atoms with Crippen LogP contribution in [0, 0.1) is 4.77 Å². The molecule has 1 aromatic heterocycles. The largest absolute Gasteiger partial charge is 0.388 e. The maximum atomic E-state index is 9.49. The molecule has 1 aliphatic heterocycles. The normalized spacial score (nSPS) is 25.2. The lowest BCUT2D eigenvalue weighted by Crippen LogP contribution is -2.55. The average Bonchev–Trinajstić information content (AvgIpc) is 3.24. The van der Waals surface area contributed by atoms with Gasteiger partial charge in [0.1, 0.15) is 6.61 Å². The number of nitrogens with zero attached hydrogens (tertiary/aromatic N) is 4. The Morgan fingerprint density at radius 1 is 1.38 bits per heavy atom. The molecule has 1 saturated heterocycles. The zero-order valence-electron chi connectivity index (χ0n) is 12.2. The molecule has 116 valence electrons. The van der Waals surface area contributed by atoms with Crippen molar-refractivity contribution in [1.82, 2.24) is 19.2 Å². The maximum Gasteiger partial charge on any atom is 0.199 e. The highest BCUT2D eigenvalue weighted by Crippen LogP contribution is 2.38. The smallest absolute Gasteiger partial charge is 0.199 e. The molecule has 0 bridgehead atoms. The molecule has 0 atom stereocenters. The van der Waals surface area contributed by atoms with E-state index in [-0.39, 0.29) is 12.2 Å². The van der Waals surface area contributed by atoms with Crippen molar-refractivity contribution in [3.8, 4) is 0 Å². The fraction of sp³-hybridized carbons (Fsp3) is 0.857. The van der Waals surface area contributed by atoms with E-state index in [1.807, 2.05) is 9.25 Å². The molecule has 1 spiro atoms. The van der Waals surface area contributed by atoms with Crippen LogP contribution >= 0.6 is 12.2 Å². The van der Waals surface area contributed by atoms with E-state index in [1.165, 1.54) is 19.3 Å². The minimum atomic E-state index is -0.0415. The second-order valence-electron chi connectivity index (χ2n) is 6.54. The summed E-state index contributed by atoms with van der Waals surface area (Å²) < 4.78 is 10.6. The zero-order valence-corrected chi connectivity index (χ0v) is 13.0. The van der Waals surface area contributed by atoms with Crippen molar-refractivity contribution < 1.29 is 9.84 Å². The number of morpholine rings is 1. The van der Waals surface area contributed by atoms with Crippen molar-refractivity contribution in [2.45, 2.75) is 57.0 Å². The molecule has 0 radical (unpaired) electrons. The lowest BCUT2D eigenvalue weighted by molar-refractivity contribution is -0.157. The quantitative estimate of drug-likeness (QED) is 0.853. The number of aliphatic hydroxyl groups is 1. The van der Waals surface area contributed by atoms with E-state index in [0.29, 0.717) is 18.5 Å². The van der Waals surface area contributed by atoms with Crippen molar-refractivity contribution in [1.29, 1.82) is 0 Å². The zero-order chi connectivity index (χ0) is 14.4. The standard InChI is InChI=1S/C14H22N4O2S/c19-8-12-15-17(13(21)18(12)11-2-3-11)10-16-6-7-20-14(9-16)4-1-5-14/h11,19H,1-10H2. The van der Waals surface area contributed by atoms with Crippen LogP contribution in [-0.2, 0) is 18.0 Å². The SMILES string of the molecule is OCc1nn(CN2CCOC3(CCC3)C2)c(=S)n1C1CC1. The van der Waals surface area contributed by atoms with Crippen LogP contribution < -0.4 is 0 Å². The highest BCUT2D eigenvalue weighted by Gasteiger charge is 2.42. The average molecular weight is 310 g/mol. The predicted octanol–water partition coefficient (Wildman–Crippen LogP) is 1.45. The van der Waals surface area contributed by atoms with Gasteiger partial charge in [-0.1, -0.05) is 0 Å². The van der Waals surface area contributed by atoms with E-state index in [1.54, 1.807) is 0 Å². The molecule has 6 nitrogen and oxygen atoms in total. The Balaban J connectivity index is 1.53. The van der Waals surface area contributed by atoms with Gasteiger partial charge < -0.3 is 9.84 Å². The minimum Gasteiger partial charge on any atom is -0.388 e. The van der Waals surface area contributed by atoms with E-state index in [0.717, 1.165) is 37.3 Å². The minimum absolute atomic E-state index is 0.0415. The molecule has 2 saturated carbocycles. The topological polar surface area (TPSA) is 55.5 Å². The van der Waals surface area contributed by atoms with E-state index < -0.39 is 0 Å². The van der Waals surface area contributed by atoms with Crippen LogP contribution in [0.4, 0.5) is 0 Å². The summed E-state index contributed by atoms with van der Waals surface area (Å²) in [5.74, 6) is 0.703. The summed E-state index contributed by atoms with van der Waals surface area (Å²) in [5.41, 5.74) is 0.0965. The van der Waals surface area contributed by atoms with Crippen molar-refractivity contribution in [3.63, 3.8) is 0 Å². The lowest BCUT2D eigenvalue weighted by atomic mass is 9.79. The Labute approximate surface area is 129 Å². The third-order valence-corrected chi connectivity index (χ3v) is 5.33. The molecule has 0 unspecified atom stereocenters. The van der Waals surface area contributed by atoms with Gasteiger partial charge in [0.25, 0.3) is 0 Å². The number of aliphatic hydroxyl groups excluding tert-OH is 1. The summed E-state index contributed by atoms with van der Waals surface area (Å²) in [6.07, 6.45) is 5.92. The van der Waals surface area contributed by atoms with Crippen LogP contribution in [0.3, 0.4) is 0 Å². The van der Waals surface area contributed by atoms with Gasteiger partial charge in [-0.3, -0.25) is 9.47 Å². The molecule has 21 heavy (non-hydrogen) atoms. The summed E-state index contributed by atoms with van der Waals surface area (Å²) in [6, 6.07) is 0.455. The van der Waals surface area contributed by atoms with Crippen LogP contribution in [0.25, 0.3) is 0 Å². The molecule has 1 N–H and O–H groups in total. The van der Waals surface area contributed by atoms with E-state index >= 15 is 0 Å². The Bertz CT molecular complexity index is 588. The van der Waals surface area contributed by atoms with Gasteiger partial charge in [-0.25, -0.2) is 4.68 Å². The molecular formula is C14H22N4O2S. The summed E-state index contributed by atoms with van der Waals surface area (Å²) in [7, 11) is 0. The summed E-state index contributed by atoms with van der Waals surface area (Å²) in [4.78, 5) is 2.38. The van der Waals surface area contributed by atoms with Crippen LogP contribution in [0.5, 0.6) is 0 Å². The molecular weight excluding hydrogens is 288 g/mol. The summed E-state index contributed by atoms with van der Waals surface area (Å²) in [6.45, 7) is 3.36. The molecule has 0 amide bonds. The van der Waals surface area contributed by atoms with Gasteiger partial charge in [0, 0.05) is 19.1 Å².